The average molecular weight is 423 g/mol. The molecule has 29 heavy (non-hydrogen) atoms. The topological polar surface area (TPSA) is 65.1 Å². The van der Waals surface area contributed by atoms with Crippen molar-refractivity contribution < 1.29 is 14.3 Å². The fourth-order valence-electron chi connectivity index (χ4n) is 3.86. The number of hydrogen-bond donors (Lipinski definition) is 1. The minimum Gasteiger partial charge on any atom is -0.378 e. The monoisotopic (exact) mass is 422 g/mol. The van der Waals surface area contributed by atoms with Crippen molar-refractivity contribution in [1.82, 2.24) is 14.7 Å². The van der Waals surface area contributed by atoms with Gasteiger partial charge in [-0.2, -0.15) is 0 Å². The number of hydrogen-bond acceptors (Lipinski definition) is 5. The van der Waals surface area contributed by atoms with E-state index >= 15 is 0 Å². The minimum absolute atomic E-state index is 0.0405. The van der Waals surface area contributed by atoms with Crippen LogP contribution in [0.5, 0.6) is 0 Å². The first-order valence-electron chi connectivity index (χ1n) is 10.3. The molecule has 2 unspecified atom stereocenters. The van der Waals surface area contributed by atoms with Crippen LogP contribution in [0.2, 0.25) is 5.02 Å². The van der Waals surface area contributed by atoms with E-state index in [0.29, 0.717) is 31.3 Å². The van der Waals surface area contributed by atoms with Gasteiger partial charge in [-0.25, -0.2) is 0 Å². The number of ether oxygens (including phenoxy) is 1. The molecule has 2 atom stereocenters. The van der Waals surface area contributed by atoms with Crippen molar-refractivity contribution in [3.05, 3.63) is 28.8 Å². The number of nitrogens with one attached hydrogen (secondary N) is 1. The lowest BCUT2D eigenvalue weighted by Crippen LogP contribution is -2.58. The molecular weight excluding hydrogens is 392 g/mol. The Bertz CT molecular complexity index is 731. The molecule has 3 rings (SSSR count). The Morgan fingerprint density at radius 2 is 1.59 bits per heavy atom. The number of halogens is 1. The van der Waals surface area contributed by atoms with Crippen LogP contribution in [0, 0.1) is 6.92 Å². The number of amides is 2. The lowest BCUT2D eigenvalue weighted by Gasteiger charge is -2.41. The van der Waals surface area contributed by atoms with Gasteiger partial charge in [0.2, 0.25) is 11.8 Å². The Morgan fingerprint density at radius 1 is 1.00 bits per heavy atom. The molecule has 0 spiro atoms. The number of nitrogens with zero attached hydrogens (tertiary/aromatic N) is 3. The molecule has 2 heterocycles. The van der Waals surface area contributed by atoms with Crippen LogP contribution < -0.4 is 5.32 Å². The molecule has 0 saturated carbocycles. The fourth-order valence-corrected chi connectivity index (χ4v) is 4.04. The van der Waals surface area contributed by atoms with Crippen molar-refractivity contribution in [2.45, 2.75) is 32.9 Å². The lowest BCUT2D eigenvalue weighted by atomic mass is 10.1. The first-order chi connectivity index (χ1) is 13.9. The molecule has 2 saturated heterocycles. The van der Waals surface area contributed by atoms with Crippen LogP contribution in [-0.2, 0) is 14.3 Å². The minimum atomic E-state index is -0.249. The summed E-state index contributed by atoms with van der Waals surface area (Å²) in [6, 6.07) is 5.12. The Hall–Kier alpha value is -1.67. The lowest BCUT2D eigenvalue weighted by molar-refractivity contribution is -0.141. The average Bonchev–Trinajstić information content (AvgIpc) is 2.76. The van der Waals surface area contributed by atoms with E-state index in [0.717, 1.165) is 37.4 Å². The van der Waals surface area contributed by atoms with Gasteiger partial charge < -0.3 is 15.0 Å². The number of benzene rings is 1. The summed E-state index contributed by atoms with van der Waals surface area (Å²) in [5.74, 6) is 0.130. The highest BCUT2D eigenvalue weighted by atomic mass is 35.5. The Balaban J connectivity index is 1.50. The third-order valence-electron chi connectivity index (χ3n) is 6.03. The van der Waals surface area contributed by atoms with Crippen molar-refractivity contribution in [3.63, 3.8) is 0 Å². The molecule has 0 bridgehead atoms. The van der Waals surface area contributed by atoms with Gasteiger partial charge in [0.05, 0.1) is 25.3 Å². The summed E-state index contributed by atoms with van der Waals surface area (Å²) in [6.07, 6.45) is 0. The second-order valence-corrected chi connectivity index (χ2v) is 8.17. The van der Waals surface area contributed by atoms with Gasteiger partial charge in [-0.05, 0) is 38.5 Å². The van der Waals surface area contributed by atoms with E-state index in [9.17, 15) is 9.59 Å². The van der Waals surface area contributed by atoms with Gasteiger partial charge in [0.15, 0.2) is 0 Å². The van der Waals surface area contributed by atoms with E-state index in [1.165, 1.54) is 0 Å². The Kier molecular flexibility index (Phi) is 7.51. The van der Waals surface area contributed by atoms with E-state index < -0.39 is 0 Å². The predicted octanol–water partition coefficient (Wildman–Crippen LogP) is 1.84. The van der Waals surface area contributed by atoms with Gasteiger partial charge in [0.25, 0.3) is 0 Å². The van der Waals surface area contributed by atoms with Crippen LogP contribution >= 0.6 is 11.6 Å². The molecule has 1 N–H and O–H groups in total. The number of carbonyl (C=O) groups excluding carboxylic acids is 2. The highest BCUT2D eigenvalue weighted by Crippen LogP contribution is 2.23. The number of morpholine rings is 1. The zero-order valence-electron chi connectivity index (χ0n) is 17.5. The molecule has 160 valence electrons. The Labute approximate surface area is 177 Å². The standard InChI is InChI=1S/C21H31ClN4O3/c1-15-18(22)5-4-6-19(15)23-20(27)16(2)24-7-9-25(10-8-24)17(3)21(28)26-11-13-29-14-12-26/h4-6,16-17H,7-14H2,1-3H3,(H,23,27). The SMILES string of the molecule is Cc1c(Cl)cccc1NC(=O)C(C)N1CCN(C(C)C(=O)N2CCOCC2)CC1. The van der Waals surface area contributed by atoms with E-state index in [1.54, 1.807) is 0 Å². The largest absolute Gasteiger partial charge is 0.378 e. The summed E-state index contributed by atoms with van der Waals surface area (Å²) >= 11 is 6.15. The third kappa shape index (κ3) is 5.28. The molecule has 1 aromatic carbocycles. The van der Waals surface area contributed by atoms with Gasteiger partial charge in [-0.15, -0.1) is 0 Å². The van der Waals surface area contributed by atoms with E-state index in [1.807, 2.05) is 43.9 Å². The van der Waals surface area contributed by atoms with Gasteiger partial charge in [-0.3, -0.25) is 19.4 Å². The molecule has 7 nitrogen and oxygen atoms in total. The summed E-state index contributed by atoms with van der Waals surface area (Å²) in [7, 11) is 0. The predicted molar refractivity (Wildman–Crippen MR) is 114 cm³/mol. The van der Waals surface area contributed by atoms with Crippen molar-refractivity contribution >= 4 is 29.1 Å². The Morgan fingerprint density at radius 3 is 2.21 bits per heavy atom. The number of piperazine rings is 1. The van der Waals surface area contributed by atoms with E-state index in [-0.39, 0.29) is 23.9 Å². The quantitative estimate of drug-likeness (QED) is 0.784. The number of carbonyl (C=O) groups is 2. The van der Waals surface area contributed by atoms with Crippen molar-refractivity contribution in [2.24, 2.45) is 0 Å². The summed E-state index contributed by atoms with van der Waals surface area (Å²) in [6.45, 7) is 11.4. The van der Waals surface area contributed by atoms with Crippen LogP contribution in [0.4, 0.5) is 5.69 Å². The zero-order chi connectivity index (χ0) is 21.0. The molecule has 0 aliphatic carbocycles. The number of anilines is 1. The maximum atomic E-state index is 12.7. The normalized spacial score (nSPS) is 20.9. The van der Waals surface area contributed by atoms with Gasteiger partial charge in [0.1, 0.15) is 0 Å². The molecule has 2 amide bonds. The summed E-state index contributed by atoms with van der Waals surface area (Å²) in [4.78, 5) is 31.7. The van der Waals surface area contributed by atoms with Crippen molar-refractivity contribution in [3.8, 4) is 0 Å². The molecule has 2 aliphatic heterocycles. The van der Waals surface area contributed by atoms with Crippen LogP contribution in [0.15, 0.2) is 18.2 Å². The van der Waals surface area contributed by atoms with Gasteiger partial charge >= 0.3 is 0 Å². The van der Waals surface area contributed by atoms with Crippen LogP contribution in [0.25, 0.3) is 0 Å². The summed E-state index contributed by atoms with van der Waals surface area (Å²) in [5.41, 5.74) is 1.62. The van der Waals surface area contributed by atoms with Gasteiger partial charge in [0, 0.05) is 50.0 Å². The molecule has 2 aliphatic rings. The first-order valence-corrected chi connectivity index (χ1v) is 10.7. The summed E-state index contributed by atoms with van der Waals surface area (Å²) < 4.78 is 5.33. The molecule has 2 fully saturated rings. The van der Waals surface area contributed by atoms with E-state index in [4.69, 9.17) is 16.3 Å². The first kappa shape index (κ1) is 22.0. The second kappa shape index (κ2) is 9.89. The van der Waals surface area contributed by atoms with E-state index in [2.05, 4.69) is 15.1 Å². The maximum absolute atomic E-state index is 12.7. The van der Waals surface area contributed by atoms with Crippen LogP contribution in [0.3, 0.4) is 0 Å². The van der Waals surface area contributed by atoms with Crippen molar-refractivity contribution in [1.29, 1.82) is 0 Å². The van der Waals surface area contributed by atoms with Crippen LogP contribution in [-0.4, -0.2) is 91.1 Å². The third-order valence-corrected chi connectivity index (χ3v) is 6.44. The highest BCUT2D eigenvalue weighted by molar-refractivity contribution is 6.31. The van der Waals surface area contributed by atoms with Crippen molar-refractivity contribution in [2.75, 3.05) is 57.8 Å². The highest BCUT2D eigenvalue weighted by Gasteiger charge is 2.32. The molecule has 1 aromatic rings. The van der Waals surface area contributed by atoms with Crippen LogP contribution in [0.1, 0.15) is 19.4 Å². The van der Waals surface area contributed by atoms with Gasteiger partial charge in [-0.1, -0.05) is 17.7 Å². The zero-order valence-corrected chi connectivity index (χ0v) is 18.2. The second-order valence-electron chi connectivity index (χ2n) is 7.76. The summed E-state index contributed by atoms with van der Waals surface area (Å²) in [5, 5.41) is 3.63. The molecule has 8 heteroatoms. The number of rotatable bonds is 5. The smallest absolute Gasteiger partial charge is 0.241 e. The molecular formula is C21H31ClN4O3. The molecule has 0 radical (unpaired) electrons. The molecule has 0 aromatic heterocycles. The maximum Gasteiger partial charge on any atom is 0.241 e. The fraction of sp³-hybridized carbons (Fsp3) is 0.619.